The van der Waals surface area contributed by atoms with Crippen molar-refractivity contribution < 1.29 is 17.6 Å². The van der Waals surface area contributed by atoms with E-state index in [1.165, 1.54) is 18.7 Å². The van der Waals surface area contributed by atoms with E-state index in [9.17, 15) is 13.2 Å². The first-order chi connectivity index (χ1) is 12.9. The van der Waals surface area contributed by atoms with Gasteiger partial charge in [-0.1, -0.05) is 12.1 Å². The molecule has 0 spiro atoms. The van der Waals surface area contributed by atoms with Crippen molar-refractivity contribution in [2.24, 2.45) is 0 Å². The molecule has 3 aromatic rings. The van der Waals surface area contributed by atoms with Crippen molar-refractivity contribution in [2.45, 2.75) is 24.0 Å². The lowest BCUT2D eigenvalue weighted by atomic mass is 10.2. The van der Waals surface area contributed by atoms with Crippen LogP contribution in [0.1, 0.15) is 32.5 Å². The fourth-order valence-electron chi connectivity index (χ4n) is 2.80. The number of pyridine rings is 1. The number of rotatable bonds is 6. The van der Waals surface area contributed by atoms with E-state index >= 15 is 0 Å². The van der Waals surface area contributed by atoms with Gasteiger partial charge in [-0.05, 0) is 55.3 Å². The second-order valence-electron chi connectivity index (χ2n) is 6.26. The van der Waals surface area contributed by atoms with Crippen molar-refractivity contribution in [1.82, 2.24) is 10.3 Å². The molecule has 7 heteroatoms. The second kappa shape index (κ2) is 7.75. The number of hydrogen-bond acceptors (Lipinski definition) is 5. The standard InChI is InChI=1S/C20H20N2O4S/c1-14-5-6-15(2)18(12-14)27(24,25)19(17-4-3-11-26-17)13-22-20(23)16-7-9-21-10-8-16/h3-12,19H,13H2,1-2H3,(H,22,23)/t19-/m0/s1. The molecule has 1 atom stereocenters. The highest BCUT2D eigenvalue weighted by atomic mass is 32.2. The average molecular weight is 384 g/mol. The molecule has 0 aliphatic rings. The minimum Gasteiger partial charge on any atom is -0.468 e. The van der Waals surface area contributed by atoms with E-state index < -0.39 is 15.1 Å². The fraction of sp³-hybridized carbons (Fsp3) is 0.200. The van der Waals surface area contributed by atoms with Crippen LogP contribution >= 0.6 is 0 Å². The highest BCUT2D eigenvalue weighted by Crippen LogP contribution is 2.31. The van der Waals surface area contributed by atoms with Gasteiger partial charge in [-0.2, -0.15) is 0 Å². The molecule has 1 N–H and O–H groups in total. The van der Waals surface area contributed by atoms with Crippen LogP contribution in [-0.4, -0.2) is 25.9 Å². The highest BCUT2D eigenvalue weighted by molar-refractivity contribution is 7.91. The number of aromatic nitrogens is 1. The minimum atomic E-state index is -3.78. The summed E-state index contributed by atoms with van der Waals surface area (Å²) in [5.41, 5.74) is 1.91. The van der Waals surface area contributed by atoms with Gasteiger partial charge in [-0.3, -0.25) is 9.78 Å². The van der Waals surface area contributed by atoms with Crippen molar-refractivity contribution in [1.29, 1.82) is 0 Å². The largest absolute Gasteiger partial charge is 0.468 e. The summed E-state index contributed by atoms with van der Waals surface area (Å²) in [7, 11) is -3.78. The number of furan rings is 1. The van der Waals surface area contributed by atoms with Gasteiger partial charge in [0.25, 0.3) is 5.91 Å². The SMILES string of the molecule is Cc1ccc(C)c(S(=O)(=O)[C@@H](CNC(=O)c2ccncc2)c2ccco2)c1. The zero-order valence-corrected chi connectivity index (χ0v) is 15.9. The number of sulfone groups is 1. The van der Waals surface area contributed by atoms with E-state index in [0.29, 0.717) is 11.1 Å². The maximum absolute atomic E-state index is 13.3. The van der Waals surface area contributed by atoms with E-state index in [1.54, 1.807) is 43.3 Å². The summed E-state index contributed by atoms with van der Waals surface area (Å²) in [6.45, 7) is 3.48. The molecule has 140 valence electrons. The van der Waals surface area contributed by atoms with Crippen LogP contribution in [0.15, 0.2) is 70.4 Å². The van der Waals surface area contributed by atoms with Crippen molar-refractivity contribution in [3.05, 3.63) is 83.6 Å². The van der Waals surface area contributed by atoms with E-state index in [4.69, 9.17) is 4.42 Å². The average Bonchev–Trinajstić information content (AvgIpc) is 3.18. The normalized spacial score (nSPS) is 12.5. The van der Waals surface area contributed by atoms with Gasteiger partial charge in [-0.15, -0.1) is 0 Å². The van der Waals surface area contributed by atoms with Gasteiger partial charge in [0.05, 0.1) is 11.2 Å². The van der Waals surface area contributed by atoms with Gasteiger partial charge in [0.2, 0.25) is 0 Å². The first-order valence-electron chi connectivity index (χ1n) is 8.42. The Labute approximate surface area is 158 Å². The summed E-state index contributed by atoms with van der Waals surface area (Å²) in [6.07, 6.45) is 4.43. The zero-order valence-electron chi connectivity index (χ0n) is 15.0. The predicted octanol–water partition coefficient (Wildman–Crippen LogP) is 3.24. The van der Waals surface area contributed by atoms with Gasteiger partial charge in [0.15, 0.2) is 9.84 Å². The molecule has 0 unspecified atom stereocenters. The van der Waals surface area contributed by atoms with E-state index in [1.807, 2.05) is 13.0 Å². The molecule has 0 aliphatic carbocycles. The van der Waals surface area contributed by atoms with Crippen LogP contribution in [0.2, 0.25) is 0 Å². The molecule has 0 saturated carbocycles. The Bertz CT molecular complexity index is 1030. The Hall–Kier alpha value is -2.93. The molecule has 3 rings (SSSR count). The van der Waals surface area contributed by atoms with E-state index in [0.717, 1.165) is 5.56 Å². The van der Waals surface area contributed by atoms with Crippen molar-refractivity contribution >= 4 is 15.7 Å². The van der Waals surface area contributed by atoms with Crippen molar-refractivity contribution in [3.63, 3.8) is 0 Å². The van der Waals surface area contributed by atoms with Crippen LogP contribution in [0.25, 0.3) is 0 Å². The highest BCUT2D eigenvalue weighted by Gasteiger charge is 2.33. The molecule has 1 aromatic carbocycles. The zero-order chi connectivity index (χ0) is 19.4. The molecular formula is C20H20N2O4S. The van der Waals surface area contributed by atoms with Gasteiger partial charge >= 0.3 is 0 Å². The summed E-state index contributed by atoms with van der Waals surface area (Å²) in [6, 6.07) is 11.6. The number of carbonyl (C=O) groups is 1. The first-order valence-corrected chi connectivity index (χ1v) is 9.97. The predicted molar refractivity (Wildman–Crippen MR) is 101 cm³/mol. The number of benzene rings is 1. The maximum atomic E-state index is 13.3. The molecule has 2 heterocycles. The Morgan fingerprint density at radius 2 is 1.89 bits per heavy atom. The lowest BCUT2D eigenvalue weighted by molar-refractivity contribution is 0.0953. The van der Waals surface area contributed by atoms with Gasteiger partial charge in [0.1, 0.15) is 11.0 Å². The third-order valence-electron chi connectivity index (χ3n) is 4.28. The number of nitrogens with one attached hydrogen (secondary N) is 1. The summed E-state index contributed by atoms with van der Waals surface area (Å²) in [5.74, 6) is -0.0870. The fourth-order valence-corrected chi connectivity index (χ4v) is 4.71. The van der Waals surface area contributed by atoms with Crippen LogP contribution < -0.4 is 5.32 Å². The topological polar surface area (TPSA) is 89.3 Å². The molecule has 0 bridgehead atoms. The number of nitrogens with zero attached hydrogens (tertiary/aromatic N) is 1. The lowest BCUT2D eigenvalue weighted by Gasteiger charge is -2.18. The molecule has 1 amide bonds. The Kier molecular flexibility index (Phi) is 5.41. The summed E-state index contributed by atoms with van der Waals surface area (Å²) >= 11 is 0. The maximum Gasteiger partial charge on any atom is 0.251 e. The van der Waals surface area contributed by atoms with E-state index in [-0.39, 0.29) is 23.1 Å². The number of amides is 1. The molecule has 2 aromatic heterocycles. The van der Waals surface area contributed by atoms with Crippen LogP contribution in [0.5, 0.6) is 0 Å². The monoisotopic (exact) mass is 384 g/mol. The minimum absolute atomic E-state index is 0.107. The van der Waals surface area contributed by atoms with Crippen molar-refractivity contribution in [3.8, 4) is 0 Å². The molecule has 27 heavy (non-hydrogen) atoms. The van der Waals surface area contributed by atoms with Crippen LogP contribution in [-0.2, 0) is 9.84 Å². The molecule has 0 fully saturated rings. The quantitative estimate of drug-likeness (QED) is 0.705. The molecule has 0 aliphatic heterocycles. The van der Waals surface area contributed by atoms with Crippen LogP contribution in [0, 0.1) is 13.8 Å². The Morgan fingerprint density at radius 1 is 1.15 bits per heavy atom. The molecule has 0 saturated heterocycles. The lowest BCUT2D eigenvalue weighted by Crippen LogP contribution is -2.32. The van der Waals surface area contributed by atoms with Gasteiger partial charge in [0, 0.05) is 24.5 Å². The van der Waals surface area contributed by atoms with E-state index in [2.05, 4.69) is 10.3 Å². The number of carbonyl (C=O) groups excluding carboxylic acids is 1. The second-order valence-corrected chi connectivity index (χ2v) is 8.36. The van der Waals surface area contributed by atoms with Gasteiger partial charge in [-0.25, -0.2) is 8.42 Å². The molecule has 6 nitrogen and oxygen atoms in total. The summed E-state index contributed by atoms with van der Waals surface area (Å²) in [4.78, 5) is 16.4. The Morgan fingerprint density at radius 3 is 2.56 bits per heavy atom. The third-order valence-corrected chi connectivity index (χ3v) is 6.48. The van der Waals surface area contributed by atoms with Crippen LogP contribution in [0.3, 0.4) is 0 Å². The van der Waals surface area contributed by atoms with Gasteiger partial charge < -0.3 is 9.73 Å². The molecule has 0 radical (unpaired) electrons. The van der Waals surface area contributed by atoms with Crippen molar-refractivity contribution in [2.75, 3.05) is 6.54 Å². The molecular weight excluding hydrogens is 364 g/mol. The first kappa shape index (κ1) is 18.8. The number of hydrogen-bond donors (Lipinski definition) is 1. The summed E-state index contributed by atoms with van der Waals surface area (Å²) in [5, 5.41) is 1.66. The summed E-state index contributed by atoms with van der Waals surface area (Å²) < 4.78 is 32.0. The van der Waals surface area contributed by atoms with Crippen LogP contribution in [0.4, 0.5) is 0 Å². The smallest absolute Gasteiger partial charge is 0.251 e. The number of aryl methyl sites for hydroxylation is 2. The Balaban J connectivity index is 1.92. The third kappa shape index (κ3) is 4.09.